The van der Waals surface area contributed by atoms with E-state index in [2.05, 4.69) is 35.3 Å². The third-order valence-electron chi connectivity index (χ3n) is 3.80. The molecule has 20 heavy (non-hydrogen) atoms. The molecular formula is C18H14N2. The Balaban J connectivity index is 1.82. The van der Waals surface area contributed by atoms with Crippen molar-refractivity contribution < 1.29 is 0 Å². The Morgan fingerprint density at radius 3 is 2.70 bits per heavy atom. The highest BCUT2D eigenvalue weighted by atomic mass is 14.8. The number of rotatable bonds is 1. The normalized spacial score (nSPS) is 13.9. The zero-order valence-electron chi connectivity index (χ0n) is 11.1. The molecule has 2 heterocycles. The molecule has 0 radical (unpaired) electrons. The number of aliphatic imine (C=N–C) groups is 1. The summed E-state index contributed by atoms with van der Waals surface area (Å²) in [7, 11) is 0. The molecule has 2 heteroatoms. The van der Waals surface area contributed by atoms with Crippen LogP contribution in [0.4, 0.5) is 5.69 Å². The number of hydrogen-bond acceptors (Lipinski definition) is 2. The van der Waals surface area contributed by atoms with Gasteiger partial charge in [-0.15, -0.1) is 0 Å². The van der Waals surface area contributed by atoms with Gasteiger partial charge in [0.2, 0.25) is 0 Å². The van der Waals surface area contributed by atoms with Crippen molar-refractivity contribution in [2.45, 2.75) is 12.8 Å². The van der Waals surface area contributed by atoms with E-state index >= 15 is 0 Å². The van der Waals surface area contributed by atoms with Crippen LogP contribution in [-0.4, -0.2) is 10.7 Å². The van der Waals surface area contributed by atoms with Crippen LogP contribution in [0.1, 0.15) is 17.5 Å². The Morgan fingerprint density at radius 2 is 1.70 bits per heavy atom. The summed E-state index contributed by atoms with van der Waals surface area (Å²) in [6.45, 7) is 0. The predicted octanol–water partition coefficient (Wildman–Crippen LogP) is 4.30. The zero-order valence-corrected chi connectivity index (χ0v) is 11.1. The second kappa shape index (κ2) is 4.57. The van der Waals surface area contributed by atoms with Gasteiger partial charge in [0, 0.05) is 17.1 Å². The van der Waals surface area contributed by atoms with Crippen LogP contribution in [0.3, 0.4) is 0 Å². The summed E-state index contributed by atoms with van der Waals surface area (Å²) >= 11 is 0. The third kappa shape index (κ3) is 1.90. The molecule has 1 aromatic heterocycles. The van der Waals surface area contributed by atoms with Gasteiger partial charge in [-0.25, -0.2) is 0 Å². The molecule has 1 aliphatic heterocycles. The number of fused-ring (bicyclic) bond motifs is 2. The quantitative estimate of drug-likeness (QED) is 0.638. The highest BCUT2D eigenvalue weighted by Crippen LogP contribution is 2.27. The maximum absolute atomic E-state index is 4.80. The molecule has 2 nitrogen and oxygen atoms in total. The number of hydrogen-bond donors (Lipinski definition) is 0. The van der Waals surface area contributed by atoms with E-state index in [1.807, 2.05) is 30.5 Å². The lowest BCUT2D eigenvalue weighted by atomic mass is 9.97. The summed E-state index contributed by atoms with van der Waals surface area (Å²) in [4.78, 5) is 9.33. The molecule has 0 fully saturated rings. The summed E-state index contributed by atoms with van der Waals surface area (Å²) in [5.74, 6) is 0. The Labute approximate surface area is 117 Å². The fraction of sp³-hybridized carbons (Fsp3) is 0.111. The van der Waals surface area contributed by atoms with Crippen molar-refractivity contribution in [3.63, 3.8) is 0 Å². The van der Waals surface area contributed by atoms with E-state index < -0.39 is 0 Å². The van der Waals surface area contributed by atoms with Gasteiger partial charge >= 0.3 is 0 Å². The van der Waals surface area contributed by atoms with Crippen LogP contribution in [0.5, 0.6) is 0 Å². The van der Waals surface area contributed by atoms with Crippen LogP contribution >= 0.6 is 0 Å². The van der Waals surface area contributed by atoms with Gasteiger partial charge in [0.25, 0.3) is 0 Å². The molecule has 0 amide bonds. The lowest BCUT2D eigenvalue weighted by Gasteiger charge is -2.15. The summed E-state index contributed by atoms with van der Waals surface area (Å²) in [6, 6.07) is 18.8. The Bertz CT molecular complexity index is 818. The number of pyridine rings is 1. The Hall–Kier alpha value is -2.48. The molecule has 4 rings (SSSR count). The number of nitrogens with zero attached hydrogens (tertiary/aromatic N) is 2. The fourth-order valence-electron chi connectivity index (χ4n) is 2.72. The van der Waals surface area contributed by atoms with Gasteiger partial charge in [-0.1, -0.05) is 36.4 Å². The molecule has 3 aromatic rings. The van der Waals surface area contributed by atoms with E-state index in [-0.39, 0.29) is 0 Å². The van der Waals surface area contributed by atoms with E-state index in [1.165, 1.54) is 10.9 Å². The molecule has 0 bridgehead atoms. The van der Waals surface area contributed by atoms with Crippen LogP contribution in [0.2, 0.25) is 0 Å². The molecular weight excluding hydrogens is 244 g/mol. The molecule has 0 atom stereocenters. The van der Waals surface area contributed by atoms with Crippen LogP contribution < -0.4 is 0 Å². The molecule has 0 aliphatic carbocycles. The molecule has 0 N–H and O–H groups in total. The maximum Gasteiger partial charge on any atom is 0.0702 e. The van der Waals surface area contributed by atoms with Gasteiger partial charge in [-0.3, -0.25) is 9.98 Å². The van der Waals surface area contributed by atoms with E-state index in [9.17, 15) is 0 Å². The first-order chi connectivity index (χ1) is 9.90. The van der Waals surface area contributed by atoms with Crippen molar-refractivity contribution in [2.75, 3.05) is 0 Å². The highest BCUT2D eigenvalue weighted by Gasteiger charge is 2.13. The first-order valence-corrected chi connectivity index (χ1v) is 6.91. The van der Waals surface area contributed by atoms with E-state index in [1.54, 1.807) is 0 Å². The fourth-order valence-corrected chi connectivity index (χ4v) is 2.72. The minimum atomic E-state index is 0.983. The van der Waals surface area contributed by atoms with Crippen LogP contribution in [0.25, 0.3) is 10.9 Å². The Morgan fingerprint density at radius 1 is 0.850 bits per heavy atom. The summed E-state index contributed by atoms with van der Waals surface area (Å²) < 4.78 is 0. The summed E-state index contributed by atoms with van der Waals surface area (Å²) in [6.07, 6.45) is 3.98. The minimum Gasteiger partial charge on any atom is -0.256 e. The first-order valence-electron chi connectivity index (χ1n) is 6.91. The first kappa shape index (κ1) is 11.4. The predicted molar refractivity (Wildman–Crippen MR) is 82.7 cm³/mol. The van der Waals surface area contributed by atoms with Gasteiger partial charge in [0.15, 0.2) is 0 Å². The maximum atomic E-state index is 4.80. The molecule has 0 spiro atoms. The SMILES string of the molecule is c1ccc2c(c1)CCC(c1cnc3ccccc3c1)=N2. The van der Waals surface area contributed by atoms with Crippen molar-refractivity contribution in [1.82, 2.24) is 4.98 Å². The lowest BCUT2D eigenvalue weighted by molar-refractivity contribution is 1.01. The molecule has 96 valence electrons. The van der Waals surface area contributed by atoms with E-state index in [4.69, 9.17) is 4.99 Å². The molecule has 2 aromatic carbocycles. The Kier molecular flexibility index (Phi) is 2.59. The minimum absolute atomic E-state index is 0.983. The van der Waals surface area contributed by atoms with E-state index in [0.29, 0.717) is 0 Å². The summed E-state index contributed by atoms with van der Waals surface area (Å²) in [5, 5.41) is 1.17. The number of para-hydroxylation sites is 2. The van der Waals surface area contributed by atoms with Crippen LogP contribution in [-0.2, 0) is 6.42 Å². The topological polar surface area (TPSA) is 25.2 Å². The second-order valence-corrected chi connectivity index (χ2v) is 5.10. The van der Waals surface area contributed by atoms with Crippen molar-refractivity contribution in [1.29, 1.82) is 0 Å². The molecule has 0 unspecified atom stereocenters. The van der Waals surface area contributed by atoms with Crippen molar-refractivity contribution in [3.8, 4) is 0 Å². The van der Waals surface area contributed by atoms with Crippen LogP contribution in [0.15, 0.2) is 65.8 Å². The number of aromatic nitrogens is 1. The largest absolute Gasteiger partial charge is 0.256 e. The smallest absolute Gasteiger partial charge is 0.0702 e. The lowest BCUT2D eigenvalue weighted by Crippen LogP contribution is -2.07. The van der Waals surface area contributed by atoms with Crippen molar-refractivity contribution in [3.05, 3.63) is 71.9 Å². The van der Waals surface area contributed by atoms with Gasteiger partial charge in [-0.05, 0) is 36.6 Å². The van der Waals surface area contributed by atoms with Crippen molar-refractivity contribution in [2.24, 2.45) is 4.99 Å². The van der Waals surface area contributed by atoms with Gasteiger partial charge in [-0.2, -0.15) is 0 Å². The molecule has 1 aliphatic rings. The average molecular weight is 258 g/mol. The van der Waals surface area contributed by atoms with Crippen molar-refractivity contribution >= 4 is 22.3 Å². The summed E-state index contributed by atoms with van der Waals surface area (Å²) in [5.41, 5.74) is 5.75. The zero-order chi connectivity index (χ0) is 13.4. The van der Waals surface area contributed by atoms with Gasteiger partial charge in [0.1, 0.15) is 0 Å². The molecule has 0 saturated heterocycles. The van der Waals surface area contributed by atoms with Gasteiger partial charge in [0.05, 0.1) is 16.9 Å². The second-order valence-electron chi connectivity index (χ2n) is 5.10. The van der Waals surface area contributed by atoms with E-state index in [0.717, 1.165) is 35.3 Å². The third-order valence-corrected chi connectivity index (χ3v) is 3.80. The number of benzene rings is 2. The standard InChI is InChI=1S/C18H14N2/c1-4-8-17-13(5-1)9-10-18(20-17)15-11-14-6-2-3-7-16(14)19-12-15/h1-8,11-12H,9-10H2. The monoisotopic (exact) mass is 258 g/mol. The highest BCUT2D eigenvalue weighted by molar-refractivity contribution is 6.04. The van der Waals surface area contributed by atoms with Crippen LogP contribution in [0, 0.1) is 0 Å². The number of aryl methyl sites for hydroxylation is 1. The van der Waals surface area contributed by atoms with Gasteiger partial charge < -0.3 is 0 Å². The average Bonchev–Trinajstić information content (AvgIpc) is 2.54. The molecule has 0 saturated carbocycles.